The molecule has 1 saturated heterocycles. The molecule has 1 aromatic heterocycles. The van der Waals surface area contributed by atoms with E-state index in [0.717, 1.165) is 51.4 Å². The number of rotatable bonds is 7. The van der Waals surface area contributed by atoms with E-state index in [1.165, 1.54) is 37.9 Å². The zero-order valence-electron chi connectivity index (χ0n) is 15.8. The number of nitrogens with zero attached hydrogens (tertiary/aromatic N) is 4. The highest BCUT2D eigenvalue weighted by Gasteiger charge is 2.28. The first kappa shape index (κ1) is 18.0. The summed E-state index contributed by atoms with van der Waals surface area (Å²) in [6, 6.07) is 2.50. The van der Waals surface area contributed by atoms with Gasteiger partial charge in [-0.3, -0.25) is 14.4 Å². The minimum Gasteiger partial charge on any atom is -0.372 e. The van der Waals surface area contributed by atoms with Crippen molar-refractivity contribution in [2.75, 3.05) is 39.4 Å². The first-order valence-electron chi connectivity index (χ1n) is 10.4. The van der Waals surface area contributed by atoms with Crippen molar-refractivity contribution >= 4 is 5.91 Å². The molecule has 4 rings (SSSR count). The predicted molar refractivity (Wildman–Crippen MR) is 99.7 cm³/mol. The number of amides is 1. The summed E-state index contributed by atoms with van der Waals surface area (Å²) >= 11 is 0. The molecular weight excluding hydrogens is 328 g/mol. The summed E-state index contributed by atoms with van der Waals surface area (Å²) in [6.45, 7) is 5.94. The molecule has 1 saturated carbocycles. The Kier molecular flexibility index (Phi) is 5.90. The van der Waals surface area contributed by atoms with Crippen molar-refractivity contribution < 1.29 is 9.53 Å². The van der Waals surface area contributed by atoms with Crippen LogP contribution in [-0.2, 0) is 16.1 Å². The van der Waals surface area contributed by atoms with Crippen LogP contribution in [-0.4, -0.2) is 64.9 Å². The third-order valence-corrected chi connectivity index (χ3v) is 6.22. The maximum absolute atomic E-state index is 12.1. The van der Waals surface area contributed by atoms with Crippen LogP contribution >= 0.6 is 0 Å². The number of carbonyl (C=O) groups excluding carboxylic acids is 1. The third kappa shape index (κ3) is 4.29. The zero-order valence-corrected chi connectivity index (χ0v) is 15.8. The molecule has 144 valence electrons. The molecular formula is C20H32N4O2. The molecule has 6 heteroatoms. The van der Waals surface area contributed by atoms with Crippen LogP contribution in [0.5, 0.6) is 0 Å². The van der Waals surface area contributed by atoms with Crippen LogP contribution in [0.3, 0.4) is 0 Å². The first-order chi connectivity index (χ1) is 12.8. The minimum absolute atomic E-state index is 0.147. The van der Waals surface area contributed by atoms with E-state index in [2.05, 4.69) is 20.7 Å². The number of carbonyl (C=O) groups is 1. The second-order valence-corrected chi connectivity index (χ2v) is 8.19. The third-order valence-electron chi connectivity index (χ3n) is 6.22. The average molecular weight is 361 g/mol. The summed E-state index contributed by atoms with van der Waals surface area (Å²) in [5.74, 6) is 1.02. The molecule has 1 atom stereocenters. The molecule has 0 bridgehead atoms. The lowest BCUT2D eigenvalue weighted by Crippen LogP contribution is -2.40. The normalized spacial score (nSPS) is 24.3. The quantitative estimate of drug-likeness (QED) is 0.701. The van der Waals surface area contributed by atoms with Gasteiger partial charge in [0.15, 0.2) is 0 Å². The van der Waals surface area contributed by atoms with Gasteiger partial charge >= 0.3 is 0 Å². The smallest absolute Gasteiger partial charge is 0.248 e. The van der Waals surface area contributed by atoms with Crippen molar-refractivity contribution in [3.8, 4) is 0 Å². The lowest BCUT2D eigenvalue weighted by Gasteiger charge is -2.35. The Morgan fingerprint density at radius 2 is 2.00 bits per heavy atom. The fourth-order valence-electron chi connectivity index (χ4n) is 4.81. The van der Waals surface area contributed by atoms with Gasteiger partial charge in [-0.25, -0.2) is 0 Å². The van der Waals surface area contributed by atoms with Crippen LogP contribution in [0.25, 0.3) is 0 Å². The summed E-state index contributed by atoms with van der Waals surface area (Å²) in [6.07, 6.45) is 10.7. The van der Waals surface area contributed by atoms with Crippen LogP contribution in [0.2, 0.25) is 0 Å². The average Bonchev–Trinajstić information content (AvgIpc) is 3.40. The van der Waals surface area contributed by atoms with Crippen molar-refractivity contribution in [1.82, 2.24) is 19.6 Å². The number of ether oxygens (including phenoxy) is 1. The molecule has 0 N–H and O–H groups in total. The Hall–Kier alpha value is -1.40. The van der Waals surface area contributed by atoms with Crippen molar-refractivity contribution in [1.29, 1.82) is 0 Å². The van der Waals surface area contributed by atoms with E-state index in [0.29, 0.717) is 12.6 Å². The summed E-state index contributed by atoms with van der Waals surface area (Å²) in [7, 11) is 0. The van der Waals surface area contributed by atoms with Crippen LogP contribution < -0.4 is 0 Å². The molecule has 2 aliphatic heterocycles. The topological polar surface area (TPSA) is 50.6 Å². The summed E-state index contributed by atoms with van der Waals surface area (Å²) < 4.78 is 7.90. The number of likely N-dealkylation sites (tertiary alicyclic amines) is 1. The van der Waals surface area contributed by atoms with Gasteiger partial charge in [-0.2, -0.15) is 5.10 Å². The van der Waals surface area contributed by atoms with Crippen LogP contribution in [0.1, 0.15) is 56.7 Å². The fraction of sp³-hybridized carbons (Fsp3) is 0.800. The largest absolute Gasteiger partial charge is 0.372 e. The highest BCUT2D eigenvalue weighted by Crippen LogP contribution is 2.29. The molecule has 0 unspecified atom stereocenters. The van der Waals surface area contributed by atoms with Gasteiger partial charge in [0.1, 0.15) is 6.61 Å². The van der Waals surface area contributed by atoms with E-state index < -0.39 is 0 Å². The Morgan fingerprint density at radius 1 is 1.19 bits per heavy atom. The molecule has 2 fully saturated rings. The van der Waals surface area contributed by atoms with Gasteiger partial charge in [0, 0.05) is 45.5 Å². The lowest BCUT2D eigenvalue weighted by atomic mass is 10.1. The Bertz CT molecular complexity index is 590. The molecule has 1 amide bonds. The zero-order chi connectivity index (χ0) is 17.8. The number of fused-ring (bicyclic) bond motifs is 1. The van der Waals surface area contributed by atoms with Gasteiger partial charge in [-0.05, 0) is 44.1 Å². The number of hydrogen-bond donors (Lipinski definition) is 0. The number of aromatic nitrogens is 2. The first-order valence-corrected chi connectivity index (χ1v) is 10.4. The van der Waals surface area contributed by atoms with Gasteiger partial charge in [0.2, 0.25) is 5.91 Å². The van der Waals surface area contributed by atoms with Gasteiger partial charge in [0.05, 0.1) is 11.7 Å². The highest BCUT2D eigenvalue weighted by molar-refractivity contribution is 5.77. The van der Waals surface area contributed by atoms with E-state index in [1.54, 1.807) is 0 Å². The van der Waals surface area contributed by atoms with Gasteiger partial charge in [-0.15, -0.1) is 0 Å². The van der Waals surface area contributed by atoms with E-state index in [1.807, 2.05) is 11.1 Å². The Labute approximate surface area is 156 Å². The van der Waals surface area contributed by atoms with Crippen molar-refractivity contribution in [3.05, 3.63) is 18.0 Å². The van der Waals surface area contributed by atoms with Gasteiger partial charge in [0.25, 0.3) is 0 Å². The molecule has 0 spiro atoms. The second-order valence-electron chi connectivity index (χ2n) is 8.19. The van der Waals surface area contributed by atoms with E-state index >= 15 is 0 Å². The molecule has 1 aliphatic carbocycles. The van der Waals surface area contributed by atoms with Gasteiger partial charge in [-0.1, -0.05) is 12.8 Å². The molecule has 3 aliphatic rings. The van der Waals surface area contributed by atoms with Crippen molar-refractivity contribution in [3.63, 3.8) is 0 Å². The second kappa shape index (κ2) is 8.53. The van der Waals surface area contributed by atoms with Crippen LogP contribution in [0, 0.1) is 5.92 Å². The SMILES string of the molecule is O=C(COCC[C@H]1CN(CC2CCCC2)Cc2ccnn21)N1CCCC1. The molecule has 0 aromatic carbocycles. The van der Waals surface area contributed by atoms with E-state index in [9.17, 15) is 4.79 Å². The molecule has 3 heterocycles. The van der Waals surface area contributed by atoms with Crippen LogP contribution in [0.15, 0.2) is 12.3 Å². The highest BCUT2D eigenvalue weighted by atomic mass is 16.5. The maximum atomic E-state index is 12.1. The monoisotopic (exact) mass is 360 g/mol. The summed E-state index contributed by atoms with van der Waals surface area (Å²) in [5.41, 5.74) is 1.31. The van der Waals surface area contributed by atoms with E-state index in [4.69, 9.17) is 4.74 Å². The molecule has 1 aromatic rings. The summed E-state index contributed by atoms with van der Waals surface area (Å²) in [4.78, 5) is 16.6. The Morgan fingerprint density at radius 3 is 2.81 bits per heavy atom. The van der Waals surface area contributed by atoms with Crippen molar-refractivity contribution in [2.45, 2.75) is 57.5 Å². The standard InChI is InChI=1S/C20H32N4O2/c25-20(23-10-3-4-11-23)16-26-12-8-19-15-22(13-17-5-1-2-6-17)14-18-7-9-21-24(18)19/h7,9,17,19H,1-6,8,10-16H2/t19-/m0/s1. The van der Waals surface area contributed by atoms with Crippen molar-refractivity contribution in [2.24, 2.45) is 5.92 Å². The Balaban J connectivity index is 1.25. The fourth-order valence-corrected chi connectivity index (χ4v) is 4.81. The maximum Gasteiger partial charge on any atom is 0.248 e. The van der Waals surface area contributed by atoms with Crippen LogP contribution in [0.4, 0.5) is 0 Å². The van der Waals surface area contributed by atoms with E-state index in [-0.39, 0.29) is 12.5 Å². The number of hydrogen-bond acceptors (Lipinski definition) is 4. The van der Waals surface area contributed by atoms with Gasteiger partial charge < -0.3 is 9.64 Å². The minimum atomic E-state index is 0.147. The molecule has 26 heavy (non-hydrogen) atoms. The summed E-state index contributed by atoms with van der Waals surface area (Å²) in [5, 5.41) is 4.54. The molecule has 0 radical (unpaired) electrons. The lowest BCUT2D eigenvalue weighted by molar-refractivity contribution is -0.135. The predicted octanol–water partition coefficient (Wildman–Crippen LogP) is 2.46. The molecule has 6 nitrogen and oxygen atoms in total.